The largest absolute Gasteiger partial charge is 0.454 e. The van der Waals surface area contributed by atoms with Gasteiger partial charge in [-0.25, -0.2) is 4.79 Å². The highest BCUT2D eigenvalue weighted by molar-refractivity contribution is 6.10. The maximum absolute atomic E-state index is 12.5. The molecule has 0 aliphatic rings. The number of oxime groups is 1. The minimum atomic E-state index is -0.282. The Kier molecular flexibility index (Phi) is 4.18. The Morgan fingerprint density at radius 3 is 2.62 bits per heavy atom. The molecule has 2 heterocycles. The summed E-state index contributed by atoms with van der Waals surface area (Å²) in [6.45, 7) is 7.60. The Hall–Kier alpha value is -2.56. The molecule has 24 heavy (non-hydrogen) atoms. The van der Waals surface area contributed by atoms with Crippen LogP contribution in [-0.4, -0.2) is 10.9 Å². The normalized spacial score (nSPS) is 12.4. The third-order valence-electron chi connectivity index (χ3n) is 4.60. The van der Waals surface area contributed by atoms with Crippen LogP contribution in [0.1, 0.15) is 49.1 Å². The van der Waals surface area contributed by atoms with Crippen molar-refractivity contribution in [2.45, 2.75) is 47.0 Å². The van der Waals surface area contributed by atoms with Crippen LogP contribution in [0, 0.1) is 13.8 Å². The van der Waals surface area contributed by atoms with Gasteiger partial charge in [0.25, 0.3) is 0 Å². The number of hydrogen-bond acceptors (Lipinski definition) is 5. The lowest BCUT2D eigenvalue weighted by molar-refractivity contribution is 0.318. The summed E-state index contributed by atoms with van der Waals surface area (Å²) >= 11 is 0. The molecule has 0 aliphatic carbocycles. The average molecular weight is 327 g/mol. The molecule has 0 fully saturated rings. The topological polar surface area (TPSA) is 75.9 Å². The number of unbranched alkanes of at least 4 members (excludes halogenated alkanes) is 1. The lowest BCUT2D eigenvalue weighted by Gasteiger charge is -2.08. The smallest absolute Gasteiger partial charge is 0.339 e. The van der Waals surface area contributed by atoms with Crippen molar-refractivity contribution >= 4 is 27.7 Å². The number of rotatable bonds is 4. The molecule has 0 unspecified atom stereocenters. The Morgan fingerprint density at radius 2 is 1.96 bits per heavy atom. The molecule has 1 N–H and O–H groups in total. The van der Waals surface area contributed by atoms with Gasteiger partial charge < -0.3 is 14.0 Å². The summed E-state index contributed by atoms with van der Waals surface area (Å²) in [7, 11) is 0. The Bertz CT molecular complexity index is 1010. The Balaban J connectivity index is 2.36. The summed E-state index contributed by atoms with van der Waals surface area (Å²) in [6, 6.07) is 3.79. The van der Waals surface area contributed by atoms with E-state index < -0.39 is 0 Å². The van der Waals surface area contributed by atoms with Gasteiger partial charge in [-0.05, 0) is 51.3 Å². The molecular formula is C19H21NO4. The summed E-state index contributed by atoms with van der Waals surface area (Å²) in [5, 5.41) is 13.9. The van der Waals surface area contributed by atoms with E-state index in [4.69, 9.17) is 14.0 Å². The van der Waals surface area contributed by atoms with Crippen molar-refractivity contribution in [3.05, 3.63) is 45.0 Å². The minimum absolute atomic E-state index is 0.282. The maximum atomic E-state index is 12.5. The fraction of sp³-hybridized carbons (Fsp3) is 0.368. The van der Waals surface area contributed by atoms with Gasteiger partial charge in [-0.3, -0.25) is 0 Å². The van der Waals surface area contributed by atoms with Crippen LogP contribution in [0.15, 0.2) is 30.9 Å². The molecule has 0 aliphatic heterocycles. The second-order valence-corrected chi connectivity index (χ2v) is 6.15. The number of furan rings is 1. The predicted octanol–water partition coefficient (Wildman–Crippen LogP) is 4.70. The van der Waals surface area contributed by atoms with Crippen LogP contribution in [0.4, 0.5) is 0 Å². The van der Waals surface area contributed by atoms with Crippen molar-refractivity contribution in [2.24, 2.45) is 5.16 Å². The van der Waals surface area contributed by atoms with Gasteiger partial charge in [-0.15, -0.1) is 0 Å². The molecule has 0 saturated carbocycles. The van der Waals surface area contributed by atoms with Gasteiger partial charge in [0.2, 0.25) is 0 Å². The third kappa shape index (κ3) is 2.40. The standard InChI is InChI=1S/C19H21NO4/c1-5-6-7-14-10(2)13-8-9-15-16(18(13)24-19(14)21)11(3)17(23-15)12(4)20-22/h8-9,22H,5-7H2,1-4H3/b20-12+. The molecule has 0 bridgehead atoms. The van der Waals surface area contributed by atoms with Crippen molar-refractivity contribution < 1.29 is 14.0 Å². The molecule has 5 nitrogen and oxygen atoms in total. The molecule has 2 aromatic heterocycles. The van der Waals surface area contributed by atoms with E-state index in [1.165, 1.54) is 0 Å². The molecule has 1 aromatic carbocycles. The number of fused-ring (bicyclic) bond motifs is 3. The number of hydrogen-bond donors (Lipinski definition) is 1. The van der Waals surface area contributed by atoms with Crippen molar-refractivity contribution in [1.29, 1.82) is 0 Å². The summed E-state index contributed by atoms with van der Waals surface area (Å²) in [6.07, 6.45) is 2.71. The van der Waals surface area contributed by atoms with Gasteiger partial charge in [-0.1, -0.05) is 18.5 Å². The number of aryl methyl sites for hydroxylation is 2. The first-order valence-corrected chi connectivity index (χ1v) is 8.17. The first kappa shape index (κ1) is 16.3. The third-order valence-corrected chi connectivity index (χ3v) is 4.60. The van der Waals surface area contributed by atoms with E-state index in [2.05, 4.69) is 12.1 Å². The van der Waals surface area contributed by atoms with Crippen molar-refractivity contribution in [1.82, 2.24) is 0 Å². The lowest BCUT2D eigenvalue weighted by atomic mass is 9.99. The summed E-state index contributed by atoms with van der Waals surface area (Å²) < 4.78 is 11.5. The van der Waals surface area contributed by atoms with Crippen LogP contribution in [0.2, 0.25) is 0 Å². The molecule has 0 saturated heterocycles. The van der Waals surface area contributed by atoms with Crippen LogP contribution < -0.4 is 5.63 Å². The van der Waals surface area contributed by atoms with Crippen molar-refractivity contribution in [3.8, 4) is 0 Å². The molecule has 0 spiro atoms. The quantitative estimate of drug-likeness (QED) is 0.326. The van der Waals surface area contributed by atoms with E-state index in [1.807, 2.05) is 26.0 Å². The van der Waals surface area contributed by atoms with Gasteiger partial charge in [-0.2, -0.15) is 0 Å². The first-order valence-electron chi connectivity index (χ1n) is 8.17. The highest BCUT2D eigenvalue weighted by Gasteiger charge is 2.20. The zero-order chi connectivity index (χ0) is 17.4. The zero-order valence-corrected chi connectivity index (χ0v) is 14.4. The van der Waals surface area contributed by atoms with E-state index in [1.54, 1.807) is 6.92 Å². The fourth-order valence-corrected chi connectivity index (χ4v) is 3.21. The fourth-order valence-electron chi connectivity index (χ4n) is 3.21. The molecule has 3 aromatic rings. The van der Waals surface area contributed by atoms with Gasteiger partial charge in [0.1, 0.15) is 16.9 Å². The maximum Gasteiger partial charge on any atom is 0.339 e. The van der Waals surface area contributed by atoms with E-state index >= 15 is 0 Å². The number of nitrogens with zero attached hydrogens (tertiary/aromatic N) is 1. The van der Waals surface area contributed by atoms with Gasteiger partial charge >= 0.3 is 5.63 Å². The second kappa shape index (κ2) is 6.15. The van der Waals surface area contributed by atoms with Crippen LogP contribution in [0.5, 0.6) is 0 Å². The molecule has 126 valence electrons. The van der Waals surface area contributed by atoms with E-state index in [0.717, 1.165) is 46.7 Å². The summed E-state index contributed by atoms with van der Waals surface area (Å²) in [4.78, 5) is 12.5. The lowest BCUT2D eigenvalue weighted by Crippen LogP contribution is -2.10. The molecule has 0 amide bonds. The highest BCUT2D eigenvalue weighted by Crippen LogP contribution is 2.34. The zero-order valence-electron chi connectivity index (χ0n) is 14.4. The molecule has 0 radical (unpaired) electrons. The monoisotopic (exact) mass is 327 g/mol. The van der Waals surface area contributed by atoms with E-state index in [9.17, 15) is 4.79 Å². The summed E-state index contributed by atoms with van der Waals surface area (Å²) in [5.41, 5.74) is 3.76. The van der Waals surface area contributed by atoms with Gasteiger partial charge in [0.15, 0.2) is 5.76 Å². The summed E-state index contributed by atoms with van der Waals surface area (Å²) in [5.74, 6) is 0.496. The molecule has 5 heteroatoms. The molecule has 0 atom stereocenters. The SMILES string of the molecule is CCCCc1c(C)c2ccc3oc(/C(C)=N/O)c(C)c3c2oc1=O. The Morgan fingerprint density at radius 1 is 1.21 bits per heavy atom. The van der Waals surface area contributed by atoms with Crippen LogP contribution >= 0.6 is 0 Å². The molecular weight excluding hydrogens is 306 g/mol. The Labute approximate surface area is 139 Å². The van der Waals surface area contributed by atoms with E-state index in [0.29, 0.717) is 22.6 Å². The van der Waals surface area contributed by atoms with Crippen LogP contribution in [-0.2, 0) is 6.42 Å². The van der Waals surface area contributed by atoms with Crippen molar-refractivity contribution in [2.75, 3.05) is 0 Å². The molecule has 3 rings (SSSR count). The minimum Gasteiger partial charge on any atom is -0.454 e. The van der Waals surface area contributed by atoms with Crippen LogP contribution in [0.25, 0.3) is 21.9 Å². The average Bonchev–Trinajstić information content (AvgIpc) is 2.91. The van der Waals surface area contributed by atoms with Gasteiger partial charge in [0.05, 0.1) is 5.39 Å². The van der Waals surface area contributed by atoms with Gasteiger partial charge in [0, 0.05) is 16.5 Å². The van der Waals surface area contributed by atoms with E-state index in [-0.39, 0.29) is 5.63 Å². The second-order valence-electron chi connectivity index (χ2n) is 6.15. The predicted molar refractivity (Wildman–Crippen MR) is 94.3 cm³/mol. The first-order chi connectivity index (χ1) is 11.5. The van der Waals surface area contributed by atoms with Crippen molar-refractivity contribution in [3.63, 3.8) is 0 Å². The number of benzene rings is 1. The van der Waals surface area contributed by atoms with Crippen LogP contribution in [0.3, 0.4) is 0 Å². The highest BCUT2D eigenvalue weighted by atomic mass is 16.4.